The maximum atomic E-state index is 6.08. The summed E-state index contributed by atoms with van der Waals surface area (Å²) in [5, 5.41) is 7.97. The predicted octanol–water partition coefficient (Wildman–Crippen LogP) is 1.09. The van der Waals surface area contributed by atoms with Crippen LogP contribution in [0.1, 0.15) is 0 Å². The van der Waals surface area contributed by atoms with Gasteiger partial charge in [-0.2, -0.15) is 0 Å². The molecule has 26 heavy (non-hydrogen) atoms. The highest BCUT2D eigenvalue weighted by atomic mass is 16.6. The van der Waals surface area contributed by atoms with Gasteiger partial charge in [-0.25, -0.2) is 4.98 Å². The molecule has 0 bridgehead atoms. The van der Waals surface area contributed by atoms with E-state index < -0.39 is 0 Å². The van der Waals surface area contributed by atoms with Crippen LogP contribution in [0.25, 0.3) is 5.78 Å². The summed E-state index contributed by atoms with van der Waals surface area (Å²) in [6.07, 6.45) is 3.58. The van der Waals surface area contributed by atoms with E-state index in [0.717, 1.165) is 50.0 Å². The summed E-state index contributed by atoms with van der Waals surface area (Å²) in [5.74, 6) is 3.40. The van der Waals surface area contributed by atoms with E-state index in [1.54, 1.807) is 12.5 Å². The molecule has 2 aliphatic heterocycles. The van der Waals surface area contributed by atoms with Gasteiger partial charge in [-0.3, -0.25) is 9.30 Å². The minimum Gasteiger partial charge on any atom is -0.486 e. The molecule has 1 atom stereocenters. The van der Waals surface area contributed by atoms with E-state index >= 15 is 0 Å². The zero-order valence-electron chi connectivity index (χ0n) is 14.4. The molecule has 3 aromatic rings. The van der Waals surface area contributed by atoms with Crippen LogP contribution in [0.3, 0.4) is 0 Å². The number of fused-ring (bicyclic) bond motifs is 2. The van der Waals surface area contributed by atoms with Crippen LogP contribution >= 0.6 is 0 Å². The molecule has 2 aliphatic rings. The van der Waals surface area contributed by atoms with E-state index in [0.29, 0.717) is 12.4 Å². The van der Waals surface area contributed by atoms with E-state index in [2.05, 4.69) is 25.0 Å². The maximum absolute atomic E-state index is 6.08. The van der Waals surface area contributed by atoms with Crippen molar-refractivity contribution >= 4 is 11.6 Å². The van der Waals surface area contributed by atoms with Crippen molar-refractivity contribution in [3.05, 3.63) is 42.9 Å². The normalized spacial score (nSPS) is 20.5. The van der Waals surface area contributed by atoms with Crippen LogP contribution in [0.4, 0.5) is 5.82 Å². The first-order chi connectivity index (χ1) is 12.9. The van der Waals surface area contributed by atoms with Gasteiger partial charge < -0.3 is 14.4 Å². The van der Waals surface area contributed by atoms with E-state index in [4.69, 9.17) is 9.47 Å². The van der Waals surface area contributed by atoms with E-state index in [9.17, 15) is 0 Å². The number of aromatic nitrogens is 4. The van der Waals surface area contributed by atoms with Crippen molar-refractivity contribution in [2.45, 2.75) is 6.10 Å². The van der Waals surface area contributed by atoms with Gasteiger partial charge in [0.2, 0.25) is 0 Å². The summed E-state index contributed by atoms with van der Waals surface area (Å²) in [6.45, 7) is 5.33. The summed E-state index contributed by atoms with van der Waals surface area (Å²) < 4.78 is 13.8. The molecule has 1 fully saturated rings. The van der Waals surface area contributed by atoms with E-state index in [-0.39, 0.29) is 6.10 Å². The first-order valence-corrected chi connectivity index (χ1v) is 8.87. The molecule has 5 rings (SSSR count). The van der Waals surface area contributed by atoms with Gasteiger partial charge in [0, 0.05) is 38.9 Å². The van der Waals surface area contributed by atoms with Gasteiger partial charge >= 0.3 is 0 Å². The van der Waals surface area contributed by atoms with Crippen molar-refractivity contribution in [1.29, 1.82) is 0 Å². The number of rotatable bonds is 3. The van der Waals surface area contributed by atoms with Crippen LogP contribution in [-0.2, 0) is 0 Å². The number of para-hydroxylation sites is 2. The summed E-state index contributed by atoms with van der Waals surface area (Å²) in [5.41, 5.74) is 0. The van der Waals surface area contributed by atoms with Crippen molar-refractivity contribution in [2.24, 2.45) is 0 Å². The van der Waals surface area contributed by atoms with E-state index in [1.165, 1.54) is 0 Å². The van der Waals surface area contributed by atoms with Gasteiger partial charge in [-0.15, -0.1) is 10.2 Å². The SMILES string of the molecule is c1ccc2c(c1)OC[C@H](CN1CCN(c3ccnc4nncn34)CC1)O2. The smallest absolute Gasteiger partial charge is 0.256 e. The minimum atomic E-state index is 0.0712. The molecule has 1 aromatic carbocycles. The second kappa shape index (κ2) is 6.45. The summed E-state index contributed by atoms with van der Waals surface area (Å²) in [4.78, 5) is 9.01. The third-order valence-corrected chi connectivity index (χ3v) is 4.92. The summed E-state index contributed by atoms with van der Waals surface area (Å²) in [7, 11) is 0. The number of hydrogen-bond acceptors (Lipinski definition) is 7. The Morgan fingerprint density at radius 2 is 1.88 bits per heavy atom. The molecule has 8 heteroatoms. The number of piperazine rings is 1. The Labute approximate surface area is 151 Å². The number of ether oxygens (including phenoxy) is 2. The fourth-order valence-corrected chi connectivity index (χ4v) is 3.59. The molecule has 0 aliphatic carbocycles. The lowest BCUT2D eigenvalue weighted by molar-refractivity contribution is 0.0571. The van der Waals surface area contributed by atoms with Gasteiger partial charge in [0.15, 0.2) is 11.5 Å². The fraction of sp³-hybridized carbons (Fsp3) is 0.389. The highest BCUT2D eigenvalue weighted by Crippen LogP contribution is 2.31. The predicted molar refractivity (Wildman–Crippen MR) is 95.8 cm³/mol. The van der Waals surface area contributed by atoms with Gasteiger partial charge in [0.25, 0.3) is 5.78 Å². The minimum absolute atomic E-state index is 0.0712. The molecule has 4 heterocycles. The van der Waals surface area contributed by atoms with Gasteiger partial charge in [0.05, 0.1) is 0 Å². The fourth-order valence-electron chi connectivity index (χ4n) is 3.59. The van der Waals surface area contributed by atoms with Crippen molar-refractivity contribution in [3.63, 3.8) is 0 Å². The Morgan fingerprint density at radius 3 is 2.77 bits per heavy atom. The lowest BCUT2D eigenvalue weighted by atomic mass is 10.2. The average molecular weight is 352 g/mol. The molecule has 134 valence electrons. The summed E-state index contributed by atoms with van der Waals surface area (Å²) in [6, 6.07) is 9.87. The first kappa shape index (κ1) is 15.4. The lowest BCUT2D eigenvalue weighted by Gasteiger charge is -2.38. The number of hydrogen-bond donors (Lipinski definition) is 0. The molecule has 1 saturated heterocycles. The molecular formula is C18H20N6O2. The average Bonchev–Trinajstić information content (AvgIpc) is 3.17. The standard InChI is InChI=1S/C18H20N6O2/c1-2-4-16-15(3-1)25-12-14(26-16)11-22-7-9-23(10-8-22)17-5-6-19-18-21-20-13-24(17)18/h1-6,13-14H,7-12H2/t14-/m0/s1. The maximum Gasteiger partial charge on any atom is 0.256 e. The van der Waals surface area contributed by atoms with Gasteiger partial charge in [-0.1, -0.05) is 12.1 Å². The Hall–Kier alpha value is -2.87. The Kier molecular flexibility index (Phi) is 3.82. The Balaban J connectivity index is 1.21. The van der Waals surface area contributed by atoms with Crippen molar-refractivity contribution in [2.75, 3.05) is 44.2 Å². The van der Waals surface area contributed by atoms with Gasteiger partial charge in [-0.05, 0) is 18.2 Å². The molecule has 0 radical (unpaired) electrons. The lowest BCUT2D eigenvalue weighted by Crippen LogP contribution is -2.51. The molecule has 0 saturated carbocycles. The molecule has 0 spiro atoms. The molecule has 8 nitrogen and oxygen atoms in total. The summed E-state index contributed by atoms with van der Waals surface area (Å²) >= 11 is 0. The molecule has 0 amide bonds. The number of anilines is 1. The molecule has 0 N–H and O–H groups in total. The first-order valence-electron chi connectivity index (χ1n) is 8.87. The monoisotopic (exact) mass is 352 g/mol. The third-order valence-electron chi connectivity index (χ3n) is 4.92. The van der Waals surface area contributed by atoms with Crippen LogP contribution < -0.4 is 14.4 Å². The quantitative estimate of drug-likeness (QED) is 0.699. The Bertz CT molecular complexity index is 905. The molecular weight excluding hydrogens is 332 g/mol. The van der Waals surface area contributed by atoms with Crippen molar-refractivity contribution in [3.8, 4) is 11.5 Å². The largest absolute Gasteiger partial charge is 0.486 e. The molecule has 0 unspecified atom stereocenters. The number of benzene rings is 1. The van der Waals surface area contributed by atoms with Gasteiger partial charge in [0.1, 0.15) is 24.9 Å². The zero-order chi connectivity index (χ0) is 17.3. The number of nitrogens with zero attached hydrogens (tertiary/aromatic N) is 6. The highest BCUT2D eigenvalue weighted by Gasteiger charge is 2.26. The van der Waals surface area contributed by atoms with Crippen LogP contribution in [0.5, 0.6) is 11.5 Å². The topological polar surface area (TPSA) is 68.0 Å². The van der Waals surface area contributed by atoms with Crippen molar-refractivity contribution in [1.82, 2.24) is 24.5 Å². The Morgan fingerprint density at radius 1 is 1.04 bits per heavy atom. The van der Waals surface area contributed by atoms with Crippen LogP contribution in [0.2, 0.25) is 0 Å². The van der Waals surface area contributed by atoms with Crippen LogP contribution in [-0.4, -0.2) is 69.9 Å². The second-order valence-corrected chi connectivity index (χ2v) is 6.59. The highest BCUT2D eigenvalue weighted by molar-refractivity contribution is 5.46. The van der Waals surface area contributed by atoms with Crippen LogP contribution in [0.15, 0.2) is 42.9 Å². The van der Waals surface area contributed by atoms with Crippen LogP contribution in [0, 0.1) is 0 Å². The molecule has 2 aromatic heterocycles. The second-order valence-electron chi connectivity index (χ2n) is 6.59. The third kappa shape index (κ3) is 2.82. The van der Waals surface area contributed by atoms with Crippen molar-refractivity contribution < 1.29 is 9.47 Å². The van der Waals surface area contributed by atoms with E-state index in [1.807, 2.05) is 34.7 Å². The zero-order valence-corrected chi connectivity index (χ0v) is 14.4.